The summed E-state index contributed by atoms with van der Waals surface area (Å²) in [4.78, 5) is 0. The number of rotatable bonds is 3. The van der Waals surface area contributed by atoms with Gasteiger partial charge in [-0.3, -0.25) is 0 Å². The summed E-state index contributed by atoms with van der Waals surface area (Å²) >= 11 is 0. The van der Waals surface area contributed by atoms with Gasteiger partial charge >= 0.3 is 0 Å². The molecule has 17 heavy (non-hydrogen) atoms. The van der Waals surface area contributed by atoms with E-state index in [4.69, 9.17) is 4.74 Å². The van der Waals surface area contributed by atoms with Crippen LogP contribution < -0.4 is 4.74 Å². The molecule has 3 nitrogen and oxygen atoms in total. The van der Waals surface area contributed by atoms with Crippen molar-refractivity contribution in [1.29, 1.82) is 0 Å². The molecule has 0 spiro atoms. The Hall–Kier alpha value is -1.23. The van der Waals surface area contributed by atoms with Crippen molar-refractivity contribution in [1.82, 2.24) is 0 Å². The summed E-state index contributed by atoms with van der Waals surface area (Å²) in [5, 5.41) is 0. The molecule has 94 valence electrons. The fraction of sp³-hybridized carbons (Fsp3) is 0.417. The van der Waals surface area contributed by atoms with E-state index in [1.54, 1.807) is 0 Å². The molecule has 1 aromatic rings. The van der Waals surface area contributed by atoms with Crippen molar-refractivity contribution < 1.29 is 13.3 Å². The fourth-order valence-electron chi connectivity index (χ4n) is 1.01. The highest BCUT2D eigenvalue weighted by Crippen LogP contribution is 2.16. The summed E-state index contributed by atoms with van der Waals surface area (Å²) in [6.45, 7) is 5.42. The zero-order valence-corrected chi connectivity index (χ0v) is 11.2. The summed E-state index contributed by atoms with van der Waals surface area (Å²) < 4.78 is 33.5. The number of hydrogen-bond acceptors (Lipinski definition) is 2. The third kappa shape index (κ3) is 3.93. The number of methoxy groups -OCH3 is 1. The van der Waals surface area contributed by atoms with Gasteiger partial charge in [0.1, 0.15) is 22.6 Å². The lowest BCUT2D eigenvalue weighted by Crippen LogP contribution is -2.19. The van der Waals surface area contributed by atoms with Crippen LogP contribution in [0.5, 0.6) is 5.75 Å². The average molecular weight is 257 g/mol. The van der Waals surface area contributed by atoms with Gasteiger partial charge in [-0.25, -0.2) is 8.60 Å². The Morgan fingerprint density at radius 3 is 2.59 bits per heavy atom. The molecule has 0 fully saturated rings. The van der Waals surface area contributed by atoms with Crippen molar-refractivity contribution in [2.75, 3.05) is 7.11 Å². The molecule has 0 aliphatic heterocycles. The van der Waals surface area contributed by atoms with E-state index in [9.17, 15) is 8.60 Å². The number of ether oxygens (including phenoxy) is 1. The Labute approximate surface area is 103 Å². The van der Waals surface area contributed by atoms with Crippen LogP contribution in [0.25, 0.3) is 0 Å². The van der Waals surface area contributed by atoms with Crippen LogP contribution in [0.15, 0.2) is 22.6 Å². The van der Waals surface area contributed by atoms with Gasteiger partial charge in [-0.2, -0.15) is 4.40 Å². The van der Waals surface area contributed by atoms with Crippen LogP contribution in [0.3, 0.4) is 0 Å². The highest BCUT2D eigenvalue weighted by Gasteiger charge is 2.18. The molecule has 0 saturated carbocycles. The molecule has 0 saturated heterocycles. The second-order valence-corrected chi connectivity index (χ2v) is 6.42. The van der Waals surface area contributed by atoms with E-state index in [1.165, 1.54) is 31.5 Å². The average Bonchev–Trinajstić information content (AvgIpc) is 2.26. The highest BCUT2D eigenvalue weighted by atomic mass is 32.2. The normalized spacial score (nSPS) is 13.9. The first-order valence-electron chi connectivity index (χ1n) is 5.14. The SMILES string of the molecule is COc1ccc(F)c(/C=N/[S@](=O)C(C)(C)C)c1. The van der Waals surface area contributed by atoms with Crippen LogP contribution in [0.1, 0.15) is 26.3 Å². The molecule has 0 radical (unpaired) electrons. The van der Waals surface area contributed by atoms with Crippen molar-refractivity contribution >= 4 is 17.2 Å². The van der Waals surface area contributed by atoms with Crippen molar-refractivity contribution in [2.45, 2.75) is 25.5 Å². The lowest BCUT2D eigenvalue weighted by Gasteiger charge is -2.12. The molecular formula is C12H16FNO2S. The molecule has 0 aliphatic carbocycles. The summed E-state index contributed by atoms with van der Waals surface area (Å²) in [7, 11) is 0.109. The zero-order valence-electron chi connectivity index (χ0n) is 10.4. The van der Waals surface area contributed by atoms with Crippen LogP contribution in [0.4, 0.5) is 4.39 Å². The molecule has 0 unspecified atom stereocenters. The van der Waals surface area contributed by atoms with E-state index in [0.717, 1.165) is 0 Å². The zero-order chi connectivity index (χ0) is 13.1. The summed E-state index contributed by atoms with van der Waals surface area (Å²) in [5.74, 6) is 0.120. The lowest BCUT2D eigenvalue weighted by atomic mass is 10.2. The minimum atomic E-state index is -1.39. The lowest BCUT2D eigenvalue weighted by molar-refractivity contribution is 0.413. The quantitative estimate of drug-likeness (QED) is 0.781. The van der Waals surface area contributed by atoms with E-state index in [1.807, 2.05) is 20.8 Å². The minimum Gasteiger partial charge on any atom is -0.497 e. The maximum absolute atomic E-state index is 13.4. The Bertz CT molecular complexity index is 452. The molecule has 1 aromatic carbocycles. The first-order valence-corrected chi connectivity index (χ1v) is 6.25. The van der Waals surface area contributed by atoms with Crippen LogP contribution in [-0.4, -0.2) is 22.3 Å². The van der Waals surface area contributed by atoms with Gasteiger partial charge in [-0.15, -0.1) is 0 Å². The van der Waals surface area contributed by atoms with Gasteiger partial charge in [-0.05, 0) is 39.0 Å². The van der Waals surface area contributed by atoms with Gasteiger partial charge in [0.05, 0.1) is 11.9 Å². The number of benzene rings is 1. The maximum Gasteiger partial charge on any atom is 0.144 e. The molecule has 0 aliphatic rings. The Morgan fingerprint density at radius 1 is 1.41 bits per heavy atom. The third-order valence-electron chi connectivity index (χ3n) is 2.01. The van der Waals surface area contributed by atoms with Crippen LogP contribution in [0.2, 0.25) is 0 Å². The number of nitrogens with zero attached hydrogens (tertiary/aromatic N) is 1. The van der Waals surface area contributed by atoms with Crippen LogP contribution >= 0.6 is 0 Å². The Balaban J connectivity index is 2.95. The first-order chi connectivity index (χ1) is 7.84. The predicted octanol–water partition coefficient (Wildman–Crippen LogP) is 2.72. The Morgan fingerprint density at radius 2 is 2.06 bits per heavy atom. The summed E-state index contributed by atoms with van der Waals surface area (Å²) in [6.07, 6.45) is 1.28. The molecule has 0 bridgehead atoms. The molecular weight excluding hydrogens is 241 g/mol. The molecule has 0 heterocycles. The molecule has 0 N–H and O–H groups in total. The summed E-state index contributed by atoms with van der Waals surface area (Å²) in [6, 6.07) is 4.33. The predicted molar refractivity (Wildman–Crippen MR) is 68.4 cm³/mol. The first kappa shape index (κ1) is 13.8. The molecule has 5 heteroatoms. The summed E-state index contributed by atoms with van der Waals surface area (Å²) in [5.41, 5.74) is 0.266. The molecule has 1 rings (SSSR count). The molecule has 0 aromatic heterocycles. The van der Waals surface area contributed by atoms with Crippen LogP contribution in [0, 0.1) is 5.82 Å². The van der Waals surface area contributed by atoms with E-state index in [-0.39, 0.29) is 5.56 Å². The van der Waals surface area contributed by atoms with Crippen molar-refractivity contribution in [2.24, 2.45) is 4.40 Å². The Kier molecular flexibility index (Phi) is 4.40. The third-order valence-corrected chi connectivity index (χ3v) is 3.36. The fourth-order valence-corrected chi connectivity index (χ4v) is 1.54. The van der Waals surface area contributed by atoms with Crippen LogP contribution in [-0.2, 0) is 11.0 Å². The monoisotopic (exact) mass is 257 g/mol. The van der Waals surface area contributed by atoms with Gasteiger partial charge in [0.2, 0.25) is 0 Å². The van der Waals surface area contributed by atoms with E-state index in [0.29, 0.717) is 5.75 Å². The number of hydrogen-bond donors (Lipinski definition) is 0. The molecule has 0 amide bonds. The van der Waals surface area contributed by atoms with Gasteiger partial charge in [0, 0.05) is 11.8 Å². The van der Waals surface area contributed by atoms with Gasteiger partial charge in [-0.1, -0.05) is 0 Å². The smallest absolute Gasteiger partial charge is 0.144 e. The van der Waals surface area contributed by atoms with Crippen molar-refractivity contribution in [3.63, 3.8) is 0 Å². The minimum absolute atomic E-state index is 0.266. The molecule has 1 atom stereocenters. The standard InChI is InChI=1S/C12H16FNO2S/c1-12(2,3)17(15)14-8-9-7-10(16-4)5-6-11(9)13/h5-8H,1-4H3/b14-8+/t17-/m1/s1. The van der Waals surface area contributed by atoms with Gasteiger partial charge in [0.15, 0.2) is 0 Å². The van der Waals surface area contributed by atoms with Crippen molar-refractivity contribution in [3.05, 3.63) is 29.6 Å². The van der Waals surface area contributed by atoms with E-state index in [2.05, 4.69) is 4.40 Å². The van der Waals surface area contributed by atoms with Gasteiger partial charge in [0.25, 0.3) is 0 Å². The maximum atomic E-state index is 13.4. The number of halogens is 1. The van der Waals surface area contributed by atoms with E-state index < -0.39 is 21.5 Å². The topological polar surface area (TPSA) is 38.7 Å². The highest BCUT2D eigenvalue weighted by molar-refractivity contribution is 7.85. The largest absolute Gasteiger partial charge is 0.497 e. The van der Waals surface area contributed by atoms with E-state index >= 15 is 0 Å². The second kappa shape index (κ2) is 5.40. The van der Waals surface area contributed by atoms with Crippen molar-refractivity contribution in [3.8, 4) is 5.75 Å². The second-order valence-electron chi connectivity index (χ2n) is 4.48. The van der Waals surface area contributed by atoms with Gasteiger partial charge < -0.3 is 4.74 Å².